The molecule has 2 aliphatic rings. The third-order valence-corrected chi connectivity index (χ3v) is 5.59. The van der Waals surface area contributed by atoms with Gasteiger partial charge in [0.15, 0.2) is 5.78 Å². The molecule has 1 spiro atoms. The zero-order valence-electron chi connectivity index (χ0n) is 12.6. The van der Waals surface area contributed by atoms with E-state index in [0.717, 1.165) is 10.0 Å². The quantitative estimate of drug-likeness (QED) is 0.567. The summed E-state index contributed by atoms with van der Waals surface area (Å²) in [7, 11) is 1.28. The molecule has 1 fully saturated rings. The Bertz CT molecular complexity index is 686. The number of benzene rings is 1. The summed E-state index contributed by atoms with van der Waals surface area (Å²) < 4.78 is 5.68. The molecule has 1 aromatic carbocycles. The summed E-state index contributed by atoms with van der Waals surface area (Å²) in [6.07, 6.45) is 1.57. The molecule has 0 bridgehead atoms. The largest absolute Gasteiger partial charge is 0.468 e. The number of ketones is 2. The fourth-order valence-corrected chi connectivity index (χ4v) is 4.25. The minimum Gasteiger partial charge on any atom is -0.468 e. The van der Waals surface area contributed by atoms with Gasteiger partial charge < -0.3 is 4.74 Å². The number of methoxy groups -OCH3 is 1. The van der Waals surface area contributed by atoms with E-state index in [1.165, 1.54) is 7.11 Å². The van der Waals surface area contributed by atoms with Gasteiger partial charge in [0, 0.05) is 21.9 Å². The number of carbonyl (C=O) groups is 3. The molecule has 0 amide bonds. The Labute approximate surface area is 137 Å². The SMILES string of the molecule is COC(=O)C1(C)CC2(CCC1=O)Cc1ccc(Br)cc1C2=O. The van der Waals surface area contributed by atoms with Crippen LogP contribution in [-0.4, -0.2) is 24.6 Å². The van der Waals surface area contributed by atoms with Gasteiger partial charge in [-0.05, 0) is 43.9 Å². The van der Waals surface area contributed by atoms with Crippen molar-refractivity contribution in [1.82, 2.24) is 0 Å². The van der Waals surface area contributed by atoms with Gasteiger partial charge in [0.1, 0.15) is 11.2 Å². The van der Waals surface area contributed by atoms with E-state index in [9.17, 15) is 14.4 Å². The first-order valence-electron chi connectivity index (χ1n) is 7.27. The molecule has 1 aromatic rings. The van der Waals surface area contributed by atoms with Crippen molar-refractivity contribution in [3.05, 3.63) is 33.8 Å². The maximum absolute atomic E-state index is 12.9. The van der Waals surface area contributed by atoms with Crippen LogP contribution in [0.3, 0.4) is 0 Å². The van der Waals surface area contributed by atoms with E-state index in [0.29, 0.717) is 18.4 Å². The van der Waals surface area contributed by atoms with Crippen molar-refractivity contribution in [2.24, 2.45) is 10.8 Å². The minimum absolute atomic E-state index is 0.0476. The van der Waals surface area contributed by atoms with Gasteiger partial charge in [-0.1, -0.05) is 22.0 Å². The Kier molecular flexibility index (Phi) is 3.51. The maximum Gasteiger partial charge on any atom is 0.319 e. The topological polar surface area (TPSA) is 60.4 Å². The number of esters is 1. The van der Waals surface area contributed by atoms with E-state index in [1.54, 1.807) is 6.92 Å². The van der Waals surface area contributed by atoms with Crippen molar-refractivity contribution in [3.8, 4) is 0 Å². The first kappa shape index (κ1) is 15.4. The lowest BCUT2D eigenvalue weighted by Crippen LogP contribution is -2.49. The monoisotopic (exact) mass is 364 g/mol. The normalized spacial score (nSPS) is 30.5. The molecule has 0 saturated heterocycles. The third-order valence-electron chi connectivity index (χ3n) is 5.10. The summed E-state index contributed by atoms with van der Waals surface area (Å²) in [5.41, 5.74) is -0.173. The molecule has 0 aliphatic heterocycles. The summed E-state index contributed by atoms with van der Waals surface area (Å²) in [4.78, 5) is 37.3. The first-order chi connectivity index (χ1) is 10.3. The summed E-state index contributed by atoms with van der Waals surface area (Å²) in [5.74, 6) is -0.622. The van der Waals surface area contributed by atoms with Crippen molar-refractivity contribution in [2.45, 2.75) is 32.6 Å². The van der Waals surface area contributed by atoms with E-state index in [1.807, 2.05) is 18.2 Å². The number of halogens is 1. The van der Waals surface area contributed by atoms with Gasteiger partial charge >= 0.3 is 5.97 Å². The Hall–Kier alpha value is -1.49. The van der Waals surface area contributed by atoms with Crippen LogP contribution in [0, 0.1) is 10.8 Å². The van der Waals surface area contributed by atoms with Crippen LogP contribution in [0.4, 0.5) is 0 Å². The second kappa shape index (κ2) is 5.01. The molecule has 2 atom stereocenters. The van der Waals surface area contributed by atoms with Crippen molar-refractivity contribution in [2.75, 3.05) is 7.11 Å². The lowest BCUT2D eigenvalue weighted by Gasteiger charge is -2.40. The molecule has 1 saturated carbocycles. The lowest BCUT2D eigenvalue weighted by atomic mass is 9.60. The van der Waals surface area contributed by atoms with Crippen molar-refractivity contribution in [3.63, 3.8) is 0 Å². The second-order valence-electron chi connectivity index (χ2n) is 6.51. The molecular weight excluding hydrogens is 348 g/mol. The van der Waals surface area contributed by atoms with Gasteiger partial charge in [-0.15, -0.1) is 0 Å². The average Bonchev–Trinajstić information content (AvgIpc) is 2.75. The zero-order valence-corrected chi connectivity index (χ0v) is 14.2. The molecule has 3 rings (SSSR count). The fourth-order valence-electron chi connectivity index (χ4n) is 3.89. The van der Waals surface area contributed by atoms with Crippen molar-refractivity contribution in [1.29, 1.82) is 0 Å². The van der Waals surface area contributed by atoms with E-state index in [-0.39, 0.29) is 24.4 Å². The Morgan fingerprint density at radius 3 is 2.73 bits per heavy atom. The van der Waals surface area contributed by atoms with Crippen LogP contribution in [0.15, 0.2) is 22.7 Å². The van der Waals surface area contributed by atoms with E-state index >= 15 is 0 Å². The van der Waals surface area contributed by atoms with E-state index < -0.39 is 16.8 Å². The number of carbonyl (C=O) groups excluding carboxylic acids is 3. The van der Waals surface area contributed by atoms with Crippen LogP contribution < -0.4 is 0 Å². The molecule has 2 aliphatic carbocycles. The van der Waals surface area contributed by atoms with Gasteiger partial charge in [-0.3, -0.25) is 14.4 Å². The number of hydrogen-bond donors (Lipinski definition) is 0. The molecular formula is C17H17BrO4. The number of rotatable bonds is 1. The van der Waals surface area contributed by atoms with Crippen LogP contribution in [0.2, 0.25) is 0 Å². The standard InChI is InChI=1S/C17H17BrO4/c1-16(15(21)22-2)9-17(6-5-13(16)19)8-10-3-4-11(18)7-12(10)14(17)20/h3-4,7H,5-6,8-9H2,1-2H3. The number of hydrogen-bond acceptors (Lipinski definition) is 4. The van der Waals surface area contributed by atoms with Crippen LogP contribution >= 0.6 is 15.9 Å². The molecule has 22 heavy (non-hydrogen) atoms. The Balaban J connectivity index is 2.01. The van der Waals surface area contributed by atoms with Gasteiger partial charge in [-0.25, -0.2) is 0 Å². The van der Waals surface area contributed by atoms with Crippen molar-refractivity contribution < 1.29 is 19.1 Å². The van der Waals surface area contributed by atoms with Crippen LogP contribution in [0.1, 0.15) is 42.1 Å². The highest BCUT2D eigenvalue weighted by atomic mass is 79.9. The summed E-state index contributed by atoms with van der Waals surface area (Å²) in [6, 6.07) is 5.69. The first-order valence-corrected chi connectivity index (χ1v) is 8.07. The highest BCUT2D eigenvalue weighted by Gasteiger charge is 2.57. The molecule has 0 heterocycles. The maximum atomic E-state index is 12.9. The molecule has 4 nitrogen and oxygen atoms in total. The van der Waals surface area contributed by atoms with Gasteiger partial charge in [0.25, 0.3) is 0 Å². The minimum atomic E-state index is -1.22. The van der Waals surface area contributed by atoms with Crippen LogP contribution in [0.5, 0.6) is 0 Å². The number of ether oxygens (including phenoxy) is 1. The predicted octanol–water partition coefficient (Wildman–Crippen LogP) is 3.11. The highest BCUT2D eigenvalue weighted by Crippen LogP contribution is 2.52. The molecule has 5 heteroatoms. The van der Waals surface area contributed by atoms with Gasteiger partial charge in [0.2, 0.25) is 0 Å². The van der Waals surface area contributed by atoms with Crippen molar-refractivity contribution >= 4 is 33.5 Å². The van der Waals surface area contributed by atoms with E-state index in [4.69, 9.17) is 4.74 Å². The second-order valence-corrected chi connectivity index (χ2v) is 7.43. The molecule has 116 valence electrons. The van der Waals surface area contributed by atoms with Crippen LogP contribution in [-0.2, 0) is 20.7 Å². The Morgan fingerprint density at radius 1 is 1.32 bits per heavy atom. The molecule has 0 N–H and O–H groups in total. The third kappa shape index (κ3) is 2.06. The van der Waals surface area contributed by atoms with E-state index in [2.05, 4.69) is 15.9 Å². The number of Topliss-reactive ketones (excluding diaryl/α,β-unsaturated/α-hetero) is 2. The predicted molar refractivity (Wildman–Crippen MR) is 83.6 cm³/mol. The lowest BCUT2D eigenvalue weighted by molar-refractivity contribution is -0.161. The van der Waals surface area contributed by atoms with Crippen LogP contribution in [0.25, 0.3) is 0 Å². The summed E-state index contributed by atoms with van der Waals surface area (Å²) in [5, 5.41) is 0. The highest BCUT2D eigenvalue weighted by molar-refractivity contribution is 9.10. The smallest absolute Gasteiger partial charge is 0.319 e. The zero-order chi connectivity index (χ0) is 16.1. The number of fused-ring (bicyclic) bond motifs is 1. The van der Waals surface area contributed by atoms with Gasteiger partial charge in [0.05, 0.1) is 7.11 Å². The average molecular weight is 365 g/mol. The molecule has 2 unspecified atom stereocenters. The molecule has 0 radical (unpaired) electrons. The Morgan fingerprint density at radius 2 is 2.05 bits per heavy atom. The van der Waals surface area contributed by atoms with Gasteiger partial charge in [-0.2, -0.15) is 0 Å². The molecule has 0 aromatic heterocycles. The summed E-state index contributed by atoms with van der Waals surface area (Å²) in [6.45, 7) is 1.61. The fraction of sp³-hybridized carbons (Fsp3) is 0.471. The summed E-state index contributed by atoms with van der Waals surface area (Å²) >= 11 is 3.39.